The summed E-state index contributed by atoms with van der Waals surface area (Å²) in [6.45, 7) is 0. The fourth-order valence-electron chi connectivity index (χ4n) is 10.5. The zero-order valence-electron chi connectivity index (χ0n) is 35.8. The lowest BCUT2D eigenvalue weighted by molar-refractivity contribution is 0.439. The summed E-state index contributed by atoms with van der Waals surface area (Å²) in [5.41, 5.74) is 18.4. The number of ether oxygens (including phenoxy) is 1. The molecule has 0 N–H and O–H groups in total. The summed E-state index contributed by atoms with van der Waals surface area (Å²) >= 11 is 0. The monoisotopic (exact) mass is 841 g/mol. The van der Waals surface area contributed by atoms with E-state index in [0.717, 1.165) is 83.9 Å². The first-order chi connectivity index (χ1) is 32.7. The van der Waals surface area contributed by atoms with Crippen LogP contribution in [0.4, 0.5) is 0 Å². The molecule has 9 aromatic carbocycles. The number of fused-ring (bicyclic) bond motifs is 10. The second-order valence-electron chi connectivity index (χ2n) is 17.0. The quantitative estimate of drug-likeness (QED) is 0.167. The number of pyridine rings is 1. The number of hydrogen-bond acceptors (Lipinski definition) is 4. The van der Waals surface area contributed by atoms with Crippen molar-refractivity contribution in [1.82, 2.24) is 15.0 Å². The molecule has 66 heavy (non-hydrogen) atoms. The number of benzene rings is 9. The first-order valence-corrected chi connectivity index (χ1v) is 22.4. The molecular formula is C62H39N3O. The minimum atomic E-state index is -0.687. The van der Waals surface area contributed by atoms with Gasteiger partial charge in [-0.2, -0.15) is 0 Å². The van der Waals surface area contributed by atoms with Crippen LogP contribution in [-0.4, -0.2) is 15.0 Å². The largest absolute Gasteiger partial charge is 0.455 e. The Morgan fingerprint density at radius 1 is 0.318 bits per heavy atom. The van der Waals surface area contributed by atoms with E-state index in [1.54, 1.807) is 0 Å². The van der Waals surface area contributed by atoms with Gasteiger partial charge < -0.3 is 4.74 Å². The van der Waals surface area contributed by atoms with Gasteiger partial charge in [-0.15, -0.1) is 0 Å². The Morgan fingerprint density at radius 3 is 1.42 bits per heavy atom. The highest BCUT2D eigenvalue weighted by atomic mass is 16.5. The van der Waals surface area contributed by atoms with Crippen LogP contribution in [0.3, 0.4) is 0 Å². The van der Waals surface area contributed by atoms with Crippen LogP contribution < -0.4 is 4.74 Å². The van der Waals surface area contributed by atoms with Gasteiger partial charge in [0.1, 0.15) is 11.5 Å². The van der Waals surface area contributed by atoms with Gasteiger partial charge in [-0.05, 0) is 62.7 Å². The number of rotatable bonds is 6. The van der Waals surface area contributed by atoms with Gasteiger partial charge in [0.2, 0.25) is 0 Å². The van der Waals surface area contributed by atoms with Crippen molar-refractivity contribution in [2.45, 2.75) is 5.41 Å². The summed E-state index contributed by atoms with van der Waals surface area (Å²) in [6.07, 6.45) is 1.87. The van der Waals surface area contributed by atoms with Crippen LogP contribution in [0.1, 0.15) is 22.3 Å². The molecule has 3 heterocycles. The second kappa shape index (κ2) is 15.2. The molecule has 0 unspecified atom stereocenters. The predicted molar refractivity (Wildman–Crippen MR) is 267 cm³/mol. The molecule has 13 rings (SSSR count). The maximum atomic E-state index is 7.52. The smallest absolute Gasteiger partial charge is 0.160 e. The van der Waals surface area contributed by atoms with Crippen molar-refractivity contribution in [1.29, 1.82) is 0 Å². The first kappa shape index (κ1) is 37.8. The lowest BCUT2D eigenvalue weighted by atomic mass is 9.65. The van der Waals surface area contributed by atoms with Crippen LogP contribution in [0, 0.1) is 0 Å². The average molecular weight is 842 g/mol. The Morgan fingerprint density at radius 2 is 0.773 bits per heavy atom. The summed E-state index contributed by atoms with van der Waals surface area (Å²) < 4.78 is 7.52. The highest BCUT2D eigenvalue weighted by molar-refractivity contribution is 5.98. The van der Waals surface area contributed by atoms with E-state index in [9.17, 15) is 0 Å². The Labute approximate surface area is 383 Å². The van der Waals surface area contributed by atoms with Crippen molar-refractivity contribution < 1.29 is 4.74 Å². The molecule has 0 atom stereocenters. The zero-order valence-corrected chi connectivity index (χ0v) is 35.8. The van der Waals surface area contributed by atoms with Crippen molar-refractivity contribution in [2.24, 2.45) is 0 Å². The van der Waals surface area contributed by atoms with Gasteiger partial charge >= 0.3 is 0 Å². The topological polar surface area (TPSA) is 47.9 Å². The van der Waals surface area contributed by atoms with E-state index in [1.165, 1.54) is 33.4 Å². The number of aromatic nitrogens is 3. The van der Waals surface area contributed by atoms with Crippen molar-refractivity contribution in [3.8, 4) is 89.9 Å². The van der Waals surface area contributed by atoms with E-state index < -0.39 is 5.41 Å². The van der Waals surface area contributed by atoms with Gasteiger partial charge in [-0.1, -0.05) is 212 Å². The maximum absolute atomic E-state index is 7.52. The van der Waals surface area contributed by atoms with Gasteiger partial charge in [0, 0.05) is 50.5 Å². The molecule has 2 aromatic heterocycles. The maximum Gasteiger partial charge on any atom is 0.160 e. The van der Waals surface area contributed by atoms with E-state index in [0.29, 0.717) is 5.82 Å². The fourth-order valence-corrected chi connectivity index (χ4v) is 10.5. The van der Waals surface area contributed by atoms with Gasteiger partial charge in [0.15, 0.2) is 5.82 Å². The predicted octanol–water partition coefficient (Wildman–Crippen LogP) is 15.5. The molecule has 4 nitrogen and oxygen atoms in total. The van der Waals surface area contributed by atoms with Gasteiger partial charge in [0.05, 0.1) is 22.3 Å². The molecule has 2 aliphatic rings. The van der Waals surface area contributed by atoms with E-state index in [2.05, 4.69) is 212 Å². The third kappa shape index (κ3) is 5.89. The van der Waals surface area contributed by atoms with E-state index >= 15 is 0 Å². The highest BCUT2D eigenvalue weighted by Crippen LogP contribution is 2.64. The SMILES string of the molecule is c1ccc(-c2ccc(-c3ccc(-c4nc(-c5ccccc5)cc(-c5cccc6c5Oc5c(-c7cccc8cccnc78)cccc5C65c6ccccc6-c6ccccc65)n4)cc3)cc2)cc1. The highest BCUT2D eigenvalue weighted by Gasteiger charge is 2.52. The van der Waals surface area contributed by atoms with Crippen molar-refractivity contribution in [2.75, 3.05) is 0 Å². The molecular weight excluding hydrogens is 803 g/mol. The van der Waals surface area contributed by atoms with Gasteiger partial charge in [-0.25, -0.2) is 9.97 Å². The lowest BCUT2D eigenvalue weighted by Gasteiger charge is -2.40. The molecule has 0 fully saturated rings. The average Bonchev–Trinajstić information content (AvgIpc) is 3.69. The van der Waals surface area contributed by atoms with Crippen LogP contribution in [0.25, 0.3) is 89.3 Å². The number of nitrogens with zero attached hydrogens (tertiary/aromatic N) is 3. The summed E-state index contributed by atoms with van der Waals surface area (Å²) in [5.74, 6) is 2.22. The minimum absolute atomic E-state index is 0.639. The summed E-state index contributed by atoms with van der Waals surface area (Å²) in [7, 11) is 0. The van der Waals surface area contributed by atoms with Crippen LogP contribution in [0.2, 0.25) is 0 Å². The summed E-state index contributed by atoms with van der Waals surface area (Å²) in [4.78, 5) is 15.6. The number of hydrogen-bond donors (Lipinski definition) is 0. The lowest BCUT2D eigenvalue weighted by Crippen LogP contribution is -2.32. The Balaban J connectivity index is 1.01. The molecule has 11 aromatic rings. The van der Waals surface area contributed by atoms with Crippen molar-refractivity contribution >= 4 is 10.9 Å². The fraction of sp³-hybridized carbons (Fsp3) is 0.0161. The molecule has 1 spiro atoms. The second-order valence-corrected chi connectivity index (χ2v) is 17.0. The molecule has 308 valence electrons. The molecule has 1 aliphatic heterocycles. The molecule has 0 bridgehead atoms. The third-order valence-corrected chi connectivity index (χ3v) is 13.5. The molecule has 0 saturated heterocycles. The Hall–Kier alpha value is -8.73. The number of para-hydroxylation sites is 3. The van der Waals surface area contributed by atoms with Crippen LogP contribution in [0.5, 0.6) is 11.5 Å². The Kier molecular flexibility index (Phi) is 8.72. The van der Waals surface area contributed by atoms with Crippen LogP contribution >= 0.6 is 0 Å². The first-order valence-electron chi connectivity index (χ1n) is 22.4. The van der Waals surface area contributed by atoms with E-state index in [1.807, 2.05) is 24.4 Å². The van der Waals surface area contributed by atoms with E-state index in [4.69, 9.17) is 19.7 Å². The molecule has 0 radical (unpaired) electrons. The Bertz CT molecular complexity index is 3610. The molecule has 0 saturated carbocycles. The third-order valence-electron chi connectivity index (χ3n) is 13.5. The van der Waals surface area contributed by atoms with Gasteiger partial charge in [-0.3, -0.25) is 4.98 Å². The van der Waals surface area contributed by atoms with E-state index in [-0.39, 0.29) is 0 Å². The minimum Gasteiger partial charge on any atom is -0.455 e. The molecule has 1 aliphatic carbocycles. The van der Waals surface area contributed by atoms with Crippen molar-refractivity contribution in [3.63, 3.8) is 0 Å². The molecule has 4 heteroatoms. The normalized spacial score (nSPS) is 12.8. The molecule has 0 amide bonds. The van der Waals surface area contributed by atoms with Crippen LogP contribution in [0.15, 0.2) is 237 Å². The summed E-state index contributed by atoms with van der Waals surface area (Å²) in [5, 5.41) is 1.08. The van der Waals surface area contributed by atoms with Crippen molar-refractivity contribution in [3.05, 3.63) is 259 Å². The zero-order chi connectivity index (χ0) is 43.6. The van der Waals surface area contributed by atoms with Gasteiger partial charge in [0.25, 0.3) is 0 Å². The standard InChI is InChI=1S/C62H39N3O/c1-3-15-40(16-4-1)41-30-32-42(33-31-41)43-34-36-46(37-35-43)61-64-56(44-17-5-2-6-18-44)39-57(65-61)51-25-13-29-55-60(51)66-59-50(49-23-11-19-45-20-14-38-63-58(45)49)24-12-28-54(59)62(55)52-26-9-7-21-47(52)48-22-8-10-27-53(48)62/h1-39H. The summed E-state index contributed by atoms with van der Waals surface area (Å²) in [6, 6.07) is 81.7. The van der Waals surface area contributed by atoms with Crippen LogP contribution in [-0.2, 0) is 5.41 Å².